The maximum atomic E-state index is 12.5. The number of ether oxygens (including phenoxy) is 2. The fourth-order valence-corrected chi connectivity index (χ4v) is 2.85. The number of rotatable bonds is 8. The van der Waals surface area contributed by atoms with Crippen molar-refractivity contribution in [1.82, 2.24) is 5.32 Å². The zero-order chi connectivity index (χ0) is 21.3. The summed E-state index contributed by atoms with van der Waals surface area (Å²) in [6.45, 7) is -3.15. The number of nitriles is 1. The molecular weight excluding hydrogens is 390 g/mol. The van der Waals surface area contributed by atoms with Gasteiger partial charge in [-0.05, 0) is 41.5 Å². The van der Waals surface area contributed by atoms with Crippen LogP contribution >= 0.6 is 0 Å². The van der Waals surface area contributed by atoms with Crippen LogP contribution in [0.5, 0.6) is 11.5 Å². The lowest BCUT2D eigenvalue weighted by Crippen LogP contribution is -2.33. The predicted octanol–water partition coefficient (Wildman–Crippen LogP) is 4.44. The van der Waals surface area contributed by atoms with E-state index in [0.29, 0.717) is 16.9 Å². The lowest BCUT2D eigenvalue weighted by Gasteiger charge is -2.20. The van der Waals surface area contributed by atoms with Crippen LogP contribution in [0, 0.1) is 11.3 Å². The van der Waals surface area contributed by atoms with Gasteiger partial charge >= 0.3 is 6.61 Å². The predicted molar refractivity (Wildman–Crippen MR) is 106 cm³/mol. The van der Waals surface area contributed by atoms with Gasteiger partial charge in [0.15, 0.2) is 6.61 Å². The van der Waals surface area contributed by atoms with E-state index in [1.54, 1.807) is 36.4 Å². The van der Waals surface area contributed by atoms with Gasteiger partial charge in [-0.2, -0.15) is 14.0 Å². The number of hydrogen-bond acceptors (Lipinski definition) is 4. The van der Waals surface area contributed by atoms with E-state index in [0.717, 1.165) is 5.56 Å². The van der Waals surface area contributed by atoms with Gasteiger partial charge in [0, 0.05) is 0 Å². The first-order chi connectivity index (χ1) is 14.5. The average Bonchev–Trinajstić information content (AvgIpc) is 2.77. The molecule has 0 radical (unpaired) electrons. The van der Waals surface area contributed by atoms with Crippen molar-refractivity contribution in [2.75, 3.05) is 6.61 Å². The van der Waals surface area contributed by atoms with Gasteiger partial charge in [-0.3, -0.25) is 4.79 Å². The van der Waals surface area contributed by atoms with Crippen LogP contribution < -0.4 is 14.8 Å². The molecule has 30 heavy (non-hydrogen) atoms. The van der Waals surface area contributed by atoms with E-state index >= 15 is 0 Å². The van der Waals surface area contributed by atoms with Crippen molar-refractivity contribution in [3.63, 3.8) is 0 Å². The van der Waals surface area contributed by atoms with Crippen LogP contribution in [0.15, 0.2) is 78.9 Å². The number of nitrogens with zero attached hydrogens (tertiary/aromatic N) is 1. The zero-order valence-corrected chi connectivity index (χ0v) is 15.8. The zero-order valence-electron chi connectivity index (χ0n) is 15.8. The van der Waals surface area contributed by atoms with Crippen LogP contribution in [0.3, 0.4) is 0 Å². The number of nitrogens with one attached hydrogen (secondary N) is 1. The van der Waals surface area contributed by atoms with Crippen LogP contribution in [0.1, 0.15) is 22.7 Å². The van der Waals surface area contributed by atoms with Crippen molar-refractivity contribution >= 4 is 5.91 Å². The number of benzene rings is 3. The minimum Gasteiger partial charge on any atom is -0.484 e. The minimum atomic E-state index is -2.91. The number of amides is 1. The second-order valence-electron chi connectivity index (χ2n) is 6.29. The standard InChI is InChI=1S/C23H18F2N2O3/c24-23(25)30-19-11-9-18(10-12-19)22(17-6-2-1-3-7-17)27-21(28)15-29-20-8-4-5-16(13-20)14-26/h1-13,22-23H,15H2,(H,27,28)/t22-/m1/s1. The molecule has 5 nitrogen and oxygen atoms in total. The Morgan fingerprint density at radius 2 is 1.63 bits per heavy atom. The highest BCUT2D eigenvalue weighted by Crippen LogP contribution is 2.25. The van der Waals surface area contributed by atoms with Crippen LogP contribution in [0.4, 0.5) is 8.78 Å². The van der Waals surface area contributed by atoms with Crippen molar-refractivity contribution in [3.05, 3.63) is 95.6 Å². The van der Waals surface area contributed by atoms with Crippen LogP contribution in [0.25, 0.3) is 0 Å². The van der Waals surface area contributed by atoms with Crippen molar-refractivity contribution < 1.29 is 23.0 Å². The van der Waals surface area contributed by atoms with Gasteiger partial charge < -0.3 is 14.8 Å². The minimum absolute atomic E-state index is 0.0348. The fourth-order valence-electron chi connectivity index (χ4n) is 2.85. The van der Waals surface area contributed by atoms with Gasteiger partial charge in [0.05, 0.1) is 17.7 Å². The van der Waals surface area contributed by atoms with Gasteiger partial charge in [0.25, 0.3) is 5.91 Å². The van der Waals surface area contributed by atoms with E-state index < -0.39 is 12.7 Å². The second kappa shape index (κ2) is 10.0. The topological polar surface area (TPSA) is 71.3 Å². The first kappa shape index (κ1) is 20.8. The largest absolute Gasteiger partial charge is 0.484 e. The summed E-state index contributed by atoms with van der Waals surface area (Å²) < 4.78 is 34.6. The van der Waals surface area contributed by atoms with Crippen molar-refractivity contribution in [2.45, 2.75) is 12.7 Å². The third kappa shape index (κ3) is 5.79. The molecule has 3 rings (SSSR count). The summed E-state index contributed by atoms with van der Waals surface area (Å²) in [6.07, 6.45) is 0. The molecule has 7 heteroatoms. The van der Waals surface area contributed by atoms with Crippen molar-refractivity contribution in [3.8, 4) is 17.6 Å². The normalized spacial score (nSPS) is 11.4. The van der Waals surface area contributed by atoms with Crippen molar-refractivity contribution in [1.29, 1.82) is 5.26 Å². The Hall–Kier alpha value is -3.92. The highest BCUT2D eigenvalue weighted by atomic mass is 19.3. The number of alkyl halides is 2. The maximum absolute atomic E-state index is 12.5. The summed E-state index contributed by atoms with van der Waals surface area (Å²) in [5, 5.41) is 11.8. The highest BCUT2D eigenvalue weighted by Gasteiger charge is 2.18. The summed E-state index contributed by atoms with van der Waals surface area (Å²) >= 11 is 0. The smallest absolute Gasteiger partial charge is 0.387 e. The molecule has 3 aromatic rings. The Morgan fingerprint density at radius 3 is 2.30 bits per heavy atom. The Labute approximate surface area is 172 Å². The van der Waals surface area contributed by atoms with E-state index in [1.165, 1.54) is 12.1 Å². The Morgan fingerprint density at radius 1 is 0.933 bits per heavy atom. The molecule has 0 bridgehead atoms. The molecule has 0 aromatic heterocycles. The highest BCUT2D eigenvalue weighted by molar-refractivity contribution is 5.78. The quantitative estimate of drug-likeness (QED) is 0.598. The molecule has 0 heterocycles. The molecule has 0 aliphatic carbocycles. The number of halogens is 2. The van der Waals surface area contributed by atoms with Gasteiger partial charge in [-0.1, -0.05) is 48.5 Å². The summed E-state index contributed by atoms with van der Waals surface area (Å²) in [5.41, 5.74) is 1.95. The molecular formula is C23H18F2N2O3. The molecule has 152 valence electrons. The molecule has 0 aliphatic heterocycles. The van der Waals surface area contributed by atoms with E-state index in [4.69, 9.17) is 10.00 Å². The summed E-state index contributed by atoms with van der Waals surface area (Å²) in [6, 6.07) is 23.3. The molecule has 0 saturated heterocycles. The lowest BCUT2D eigenvalue weighted by atomic mass is 9.98. The van der Waals surface area contributed by atoms with Gasteiger partial charge in [-0.25, -0.2) is 0 Å². The van der Waals surface area contributed by atoms with Crippen molar-refractivity contribution in [2.24, 2.45) is 0 Å². The summed E-state index contributed by atoms with van der Waals surface area (Å²) in [5.74, 6) is 0.0701. The van der Waals surface area contributed by atoms with Gasteiger partial charge in [0.1, 0.15) is 11.5 Å². The maximum Gasteiger partial charge on any atom is 0.387 e. The van der Waals surface area contributed by atoms with Gasteiger partial charge in [0.2, 0.25) is 0 Å². The average molecular weight is 408 g/mol. The molecule has 0 aliphatic rings. The molecule has 1 N–H and O–H groups in total. The third-order valence-corrected chi connectivity index (χ3v) is 4.21. The fraction of sp³-hybridized carbons (Fsp3) is 0.130. The SMILES string of the molecule is N#Cc1cccc(OCC(=O)N[C@H](c2ccccc2)c2ccc(OC(F)F)cc2)c1. The monoisotopic (exact) mass is 408 g/mol. The first-order valence-electron chi connectivity index (χ1n) is 9.07. The second-order valence-corrected chi connectivity index (χ2v) is 6.29. The van der Waals surface area contributed by atoms with E-state index in [1.807, 2.05) is 36.4 Å². The molecule has 0 spiro atoms. The summed E-state index contributed by atoms with van der Waals surface area (Å²) in [7, 11) is 0. The van der Waals surface area contributed by atoms with E-state index in [-0.39, 0.29) is 18.3 Å². The van der Waals surface area contributed by atoms with E-state index in [2.05, 4.69) is 10.1 Å². The molecule has 1 atom stereocenters. The van der Waals surface area contributed by atoms with Gasteiger partial charge in [-0.15, -0.1) is 0 Å². The molecule has 0 fully saturated rings. The molecule has 0 saturated carbocycles. The van der Waals surface area contributed by atoms with E-state index in [9.17, 15) is 13.6 Å². The number of hydrogen-bond donors (Lipinski definition) is 1. The first-order valence-corrected chi connectivity index (χ1v) is 9.07. The van der Waals surface area contributed by atoms with Crippen LogP contribution in [0.2, 0.25) is 0 Å². The summed E-state index contributed by atoms with van der Waals surface area (Å²) in [4.78, 5) is 12.5. The molecule has 3 aromatic carbocycles. The molecule has 1 amide bonds. The number of carbonyl (C=O) groups is 1. The Kier molecular flexibility index (Phi) is 6.95. The number of carbonyl (C=O) groups excluding carboxylic acids is 1. The van der Waals surface area contributed by atoms with Crippen LogP contribution in [-0.4, -0.2) is 19.1 Å². The molecule has 0 unspecified atom stereocenters. The Bertz CT molecular complexity index is 1020. The lowest BCUT2D eigenvalue weighted by molar-refractivity contribution is -0.123. The third-order valence-electron chi connectivity index (χ3n) is 4.21. The van der Waals surface area contributed by atoms with Crippen LogP contribution in [-0.2, 0) is 4.79 Å². The Balaban J connectivity index is 1.73.